The first kappa shape index (κ1) is 77.1. The zero-order chi connectivity index (χ0) is 58.5. The van der Waals surface area contributed by atoms with Crippen LogP contribution in [-0.4, -0.2) is 140 Å². The van der Waals surface area contributed by atoms with Gasteiger partial charge in [-0.3, -0.25) is 24.0 Å². The highest BCUT2D eigenvalue weighted by atomic mass is 17.2. The molecule has 0 aliphatic heterocycles. The predicted octanol–water partition coefficient (Wildman–Crippen LogP) is 13.0. The van der Waals surface area contributed by atoms with Gasteiger partial charge in [0, 0.05) is 59.3 Å². The minimum atomic E-state index is -0.942. The van der Waals surface area contributed by atoms with Crippen molar-refractivity contribution in [3.05, 3.63) is 0 Å². The lowest BCUT2D eigenvalue weighted by Crippen LogP contribution is -2.51. The molecule has 0 spiro atoms. The van der Waals surface area contributed by atoms with Crippen molar-refractivity contribution in [2.75, 3.05) is 93.2 Å². The lowest BCUT2D eigenvalue weighted by molar-refractivity contribution is -0.269. The number of carbonyl (C=O) groups is 5. The summed E-state index contributed by atoms with van der Waals surface area (Å²) in [5.74, 6) is -1.67. The van der Waals surface area contributed by atoms with E-state index in [2.05, 4.69) is 46.9 Å². The predicted molar refractivity (Wildman–Crippen MR) is 325 cm³/mol. The quantitative estimate of drug-likeness (QED) is 0.0257. The summed E-state index contributed by atoms with van der Waals surface area (Å²) in [4.78, 5) is 76.7. The summed E-state index contributed by atoms with van der Waals surface area (Å²) in [7, 11) is 2.85. The summed E-state index contributed by atoms with van der Waals surface area (Å²) in [5, 5.41) is 11.7. The van der Waals surface area contributed by atoms with Crippen LogP contribution in [0.4, 0.5) is 0 Å². The van der Waals surface area contributed by atoms with Gasteiger partial charge in [-0.2, -0.15) is 0 Å². The van der Waals surface area contributed by atoms with Crippen molar-refractivity contribution in [2.45, 2.75) is 290 Å². The van der Waals surface area contributed by atoms with Gasteiger partial charge in [0.05, 0.1) is 46.2 Å². The fourth-order valence-electron chi connectivity index (χ4n) is 9.69. The molecule has 0 aromatic heterocycles. The van der Waals surface area contributed by atoms with Crippen LogP contribution in [0.25, 0.3) is 0 Å². The first-order valence-corrected chi connectivity index (χ1v) is 33.0. The van der Waals surface area contributed by atoms with Gasteiger partial charge in [-0.05, 0) is 38.5 Å². The third kappa shape index (κ3) is 54.4. The molecule has 472 valence electrons. The molecule has 4 N–H and O–H groups in total. The molecule has 16 nitrogen and oxygen atoms in total. The topological polar surface area (TPSA) is 192 Å². The van der Waals surface area contributed by atoms with E-state index in [1.807, 2.05) is 0 Å². The molecule has 0 heterocycles. The van der Waals surface area contributed by atoms with Crippen LogP contribution in [0.5, 0.6) is 0 Å². The molecule has 0 saturated carbocycles. The first-order valence-electron chi connectivity index (χ1n) is 33.0. The van der Waals surface area contributed by atoms with Crippen molar-refractivity contribution in [3.8, 4) is 0 Å². The summed E-state index contributed by atoms with van der Waals surface area (Å²) in [6.07, 6.45) is 45.9. The molecule has 0 rings (SSSR count). The van der Waals surface area contributed by atoms with E-state index in [9.17, 15) is 24.0 Å². The highest BCUT2D eigenvalue weighted by Crippen LogP contribution is 2.15. The molecule has 0 aliphatic rings. The second-order valence-electron chi connectivity index (χ2n) is 22.3. The van der Waals surface area contributed by atoms with Crippen molar-refractivity contribution in [1.82, 2.24) is 26.2 Å². The molecule has 2 atom stereocenters. The maximum absolute atomic E-state index is 13.7. The Balaban J connectivity index is 5.28. The van der Waals surface area contributed by atoms with E-state index in [-0.39, 0.29) is 57.0 Å². The zero-order valence-electron chi connectivity index (χ0n) is 52.4. The van der Waals surface area contributed by atoms with Gasteiger partial charge in [0.2, 0.25) is 23.6 Å². The van der Waals surface area contributed by atoms with Crippen LogP contribution >= 0.6 is 0 Å². The van der Waals surface area contributed by atoms with E-state index in [1.165, 1.54) is 192 Å². The molecule has 0 bridgehead atoms. The molecule has 0 radical (unpaired) electrons. The number of hydrogen-bond donors (Lipinski definition) is 4. The zero-order valence-corrected chi connectivity index (χ0v) is 52.4. The molecule has 0 aromatic carbocycles. The summed E-state index contributed by atoms with van der Waals surface area (Å²) >= 11 is 0. The summed E-state index contributed by atoms with van der Waals surface area (Å²) < 4.78 is 23.0. The average molecular weight is 1140 g/mol. The highest BCUT2D eigenvalue weighted by molar-refractivity contribution is 5.90. The SMILES string of the molecule is CCCCCCCCCCCCCCOCC(CNC(=O)CCNC(=O)C(CCCCNC(=O)CCCCCCCCCCCCC)NC(=O)CN(CCOCCOC)C(=O)COOC)OCCCCCCCCCCCCCC. The van der Waals surface area contributed by atoms with Crippen LogP contribution in [0.15, 0.2) is 0 Å². The van der Waals surface area contributed by atoms with E-state index < -0.39 is 30.4 Å². The molecule has 16 heteroatoms. The Bertz CT molecular complexity index is 1400. The van der Waals surface area contributed by atoms with Crippen molar-refractivity contribution in [2.24, 2.45) is 0 Å². The number of methoxy groups -OCH3 is 1. The number of unbranched alkanes of at least 4 members (excludes halogenated alkanes) is 33. The molecule has 2 unspecified atom stereocenters. The van der Waals surface area contributed by atoms with Gasteiger partial charge in [-0.25, -0.2) is 9.78 Å². The Labute approximate surface area is 489 Å². The van der Waals surface area contributed by atoms with Crippen LogP contribution in [0.2, 0.25) is 0 Å². The third-order valence-corrected chi connectivity index (χ3v) is 14.8. The lowest BCUT2D eigenvalue weighted by atomic mass is 10.1. The Hall–Kier alpha value is -2.89. The highest BCUT2D eigenvalue weighted by Gasteiger charge is 2.24. The number of hydrogen-bond acceptors (Lipinski definition) is 11. The Morgan fingerprint density at radius 3 is 1.44 bits per heavy atom. The molecule has 80 heavy (non-hydrogen) atoms. The van der Waals surface area contributed by atoms with Crippen LogP contribution in [-0.2, 0) is 52.7 Å². The van der Waals surface area contributed by atoms with Gasteiger partial charge < -0.3 is 45.1 Å². The molecular weight excluding hydrogens is 1010 g/mol. The van der Waals surface area contributed by atoms with E-state index in [0.717, 1.165) is 44.9 Å². The third-order valence-electron chi connectivity index (χ3n) is 14.8. The van der Waals surface area contributed by atoms with Gasteiger partial charge in [0.25, 0.3) is 5.91 Å². The van der Waals surface area contributed by atoms with Crippen molar-refractivity contribution in [1.29, 1.82) is 0 Å². The molecule has 0 aromatic rings. The normalized spacial score (nSPS) is 12.1. The largest absolute Gasteiger partial charge is 0.382 e. The summed E-state index contributed by atoms with van der Waals surface area (Å²) in [6, 6.07) is -0.942. The smallest absolute Gasteiger partial charge is 0.252 e. The number of nitrogens with zero attached hydrogens (tertiary/aromatic N) is 1. The molecule has 0 saturated heterocycles. The Kier molecular flexibility index (Phi) is 59.9. The average Bonchev–Trinajstić information content (AvgIpc) is 3.45. The fraction of sp³-hybridized carbons (Fsp3) is 0.922. The number of rotatable bonds is 64. The van der Waals surface area contributed by atoms with Crippen LogP contribution < -0.4 is 21.3 Å². The van der Waals surface area contributed by atoms with Crippen LogP contribution in [0.3, 0.4) is 0 Å². The molecular formula is C64H125N5O11. The first-order chi connectivity index (χ1) is 39.2. The van der Waals surface area contributed by atoms with E-state index in [0.29, 0.717) is 65.4 Å². The second kappa shape index (κ2) is 62.2. The van der Waals surface area contributed by atoms with Gasteiger partial charge in [-0.15, -0.1) is 0 Å². The number of carbonyl (C=O) groups excluding carboxylic acids is 5. The summed E-state index contributed by atoms with van der Waals surface area (Å²) in [5.41, 5.74) is 0. The monoisotopic (exact) mass is 1140 g/mol. The minimum absolute atomic E-state index is 0.0232. The standard InChI is InChI=1S/C64H125N5O11/c1-6-9-12-15-18-21-24-27-30-33-36-41-49-78-56-58(79-50-42-37-34-31-28-25-22-19-16-13-10-7-2)54-67-61(71)45-47-66-64(74)59(68-62(72)55-69(63(73)57-80-76-5)48-51-77-53-52-75-4)43-39-40-46-65-60(70)44-38-35-32-29-26-23-20-17-14-11-8-3/h58-59H,6-57H2,1-5H3,(H,65,70)(H,66,74)(H,67,71)(H,68,72). The van der Waals surface area contributed by atoms with Crippen LogP contribution in [0, 0.1) is 0 Å². The van der Waals surface area contributed by atoms with Crippen LogP contribution in [0.1, 0.15) is 278 Å². The van der Waals surface area contributed by atoms with Gasteiger partial charge in [-0.1, -0.05) is 226 Å². The van der Waals surface area contributed by atoms with Crippen molar-refractivity contribution in [3.63, 3.8) is 0 Å². The summed E-state index contributed by atoms with van der Waals surface area (Å²) in [6.45, 7) is 9.49. The Morgan fingerprint density at radius 2 is 0.925 bits per heavy atom. The lowest BCUT2D eigenvalue weighted by Gasteiger charge is -2.24. The second-order valence-corrected chi connectivity index (χ2v) is 22.3. The van der Waals surface area contributed by atoms with Crippen molar-refractivity contribution >= 4 is 29.5 Å². The maximum Gasteiger partial charge on any atom is 0.252 e. The van der Waals surface area contributed by atoms with Gasteiger partial charge >= 0.3 is 0 Å². The number of ether oxygens (including phenoxy) is 4. The Morgan fingerprint density at radius 1 is 0.438 bits per heavy atom. The molecule has 0 aliphatic carbocycles. The maximum atomic E-state index is 13.7. The van der Waals surface area contributed by atoms with E-state index >= 15 is 0 Å². The fourth-order valence-corrected chi connectivity index (χ4v) is 9.69. The van der Waals surface area contributed by atoms with E-state index in [4.69, 9.17) is 23.8 Å². The number of nitrogens with one attached hydrogen (secondary N) is 4. The molecule has 5 amide bonds. The van der Waals surface area contributed by atoms with Gasteiger partial charge in [0.15, 0.2) is 6.61 Å². The minimum Gasteiger partial charge on any atom is -0.382 e. The number of amides is 5. The van der Waals surface area contributed by atoms with Crippen molar-refractivity contribution < 1.29 is 52.7 Å². The van der Waals surface area contributed by atoms with E-state index in [1.54, 1.807) is 7.11 Å². The van der Waals surface area contributed by atoms with Gasteiger partial charge in [0.1, 0.15) is 6.04 Å². The molecule has 0 fully saturated rings.